The summed E-state index contributed by atoms with van der Waals surface area (Å²) in [6, 6.07) is 5.76. The third kappa shape index (κ3) is 4.21. The lowest BCUT2D eigenvalue weighted by Gasteiger charge is -2.30. The molecule has 2 unspecified atom stereocenters. The number of hydrazine groups is 1. The van der Waals surface area contributed by atoms with Crippen LogP contribution in [-0.2, 0) is 0 Å². The van der Waals surface area contributed by atoms with Crippen molar-refractivity contribution in [3.63, 3.8) is 0 Å². The van der Waals surface area contributed by atoms with E-state index in [1.54, 1.807) is 35.7 Å². The third-order valence-electron chi connectivity index (χ3n) is 2.87. The molecule has 8 heteroatoms. The Morgan fingerprint density at radius 1 is 1.30 bits per heavy atom. The highest BCUT2D eigenvalue weighted by atomic mass is 32.2. The van der Waals surface area contributed by atoms with E-state index in [4.69, 9.17) is 5.84 Å². The molecular formula is C12H15F3N2OS2. The highest BCUT2D eigenvalue weighted by Crippen LogP contribution is 2.38. The minimum absolute atomic E-state index is 0.122. The largest absolute Gasteiger partial charge is 0.573 e. The standard InChI is InChI=1S/C12H15F3N2OS2/c13-12(14,15)18-9-4-2-1-3-8(9)11(17-16)10-7-19-5-6-20-10/h1-4,10-11,17H,5-7,16H2. The van der Waals surface area contributed by atoms with Crippen LogP contribution in [0.1, 0.15) is 11.6 Å². The molecule has 1 fully saturated rings. The molecule has 1 aliphatic heterocycles. The summed E-state index contributed by atoms with van der Waals surface area (Å²) in [6.07, 6.45) is -4.70. The van der Waals surface area contributed by atoms with Crippen molar-refractivity contribution in [3.8, 4) is 5.75 Å². The van der Waals surface area contributed by atoms with Crippen molar-refractivity contribution in [2.24, 2.45) is 5.84 Å². The molecule has 0 bridgehead atoms. The van der Waals surface area contributed by atoms with Gasteiger partial charge in [0.15, 0.2) is 0 Å². The molecule has 3 N–H and O–H groups in total. The molecule has 0 radical (unpaired) electrons. The second-order valence-corrected chi connectivity index (χ2v) is 6.71. The first kappa shape index (κ1) is 15.8. The molecule has 1 aliphatic rings. The number of halogens is 3. The van der Waals surface area contributed by atoms with Gasteiger partial charge in [0.05, 0.1) is 6.04 Å². The zero-order valence-electron chi connectivity index (χ0n) is 10.5. The Labute approximate surface area is 123 Å². The van der Waals surface area contributed by atoms with Crippen LogP contribution >= 0.6 is 23.5 Å². The Balaban J connectivity index is 2.24. The smallest absolute Gasteiger partial charge is 0.405 e. The van der Waals surface area contributed by atoms with E-state index in [2.05, 4.69) is 10.2 Å². The molecule has 20 heavy (non-hydrogen) atoms. The monoisotopic (exact) mass is 324 g/mol. The quantitative estimate of drug-likeness (QED) is 0.659. The van der Waals surface area contributed by atoms with Gasteiger partial charge in [0, 0.05) is 28.1 Å². The van der Waals surface area contributed by atoms with Crippen LogP contribution in [-0.4, -0.2) is 28.9 Å². The van der Waals surface area contributed by atoms with Crippen molar-refractivity contribution in [2.75, 3.05) is 17.3 Å². The Morgan fingerprint density at radius 3 is 2.65 bits per heavy atom. The van der Waals surface area contributed by atoms with E-state index in [0.717, 1.165) is 17.3 Å². The van der Waals surface area contributed by atoms with Crippen molar-refractivity contribution in [1.82, 2.24) is 5.43 Å². The molecule has 3 nitrogen and oxygen atoms in total. The van der Waals surface area contributed by atoms with Gasteiger partial charge in [-0.05, 0) is 6.07 Å². The van der Waals surface area contributed by atoms with Gasteiger partial charge < -0.3 is 4.74 Å². The fourth-order valence-corrected chi connectivity index (χ4v) is 4.89. The van der Waals surface area contributed by atoms with E-state index in [1.807, 2.05) is 0 Å². The molecule has 112 valence electrons. The molecule has 0 saturated carbocycles. The fourth-order valence-electron chi connectivity index (χ4n) is 2.05. The summed E-state index contributed by atoms with van der Waals surface area (Å²) in [7, 11) is 0. The van der Waals surface area contributed by atoms with E-state index >= 15 is 0 Å². The highest BCUT2D eigenvalue weighted by Gasteiger charge is 2.34. The summed E-state index contributed by atoms with van der Waals surface area (Å²) in [4.78, 5) is 0. The van der Waals surface area contributed by atoms with Gasteiger partial charge in [-0.1, -0.05) is 18.2 Å². The van der Waals surface area contributed by atoms with Gasteiger partial charge in [-0.25, -0.2) is 0 Å². The van der Waals surface area contributed by atoms with Crippen LogP contribution in [0, 0.1) is 0 Å². The number of nitrogens with two attached hydrogens (primary N) is 1. The van der Waals surface area contributed by atoms with Crippen LogP contribution in [0.15, 0.2) is 24.3 Å². The predicted molar refractivity (Wildman–Crippen MR) is 76.8 cm³/mol. The summed E-state index contributed by atoms with van der Waals surface area (Å²) in [5.74, 6) is 8.23. The lowest BCUT2D eigenvalue weighted by molar-refractivity contribution is -0.275. The Morgan fingerprint density at radius 2 is 2.05 bits per heavy atom. The van der Waals surface area contributed by atoms with E-state index in [1.165, 1.54) is 12.1 Å². The van der Waals surface area contributed by atoms with Gasteiger partial charge in [-0.3, -0.25) is 11.3 Å². The summed E-state index contributed by atoms with van der Waals surface area (Å²) in [5.41, 5.74) is 3.07. The molecule has 2 atom stereocenters. The van der Waals surface area contributed by atoms with E-state index in [0.29, 0.717) is 5.56 Å². The SMILES string of the molecule is NNC(c1ccccc1OC(F)(F)F)C1CSCCS1. The Kier molecular flexibility index (Phi) is 5.48. The molecule has 1 aromatic rings. The molecule has 0 amide bonds. The maximum Gasteiger partial charge on any atom is 0.573 e. The number of hydrogen-bond donors (Lipinski definition) is 2. The van der Waals surface area contributed by atoms with Gasteiger partial charge in [-0.15, -0.1) is 13.2 Å². The maximum atomic E-state index is 12.4. The molecule has 1 aromatic carbocycles. The van der Waals surface area contributed by atoms with E-state index in [-0.39, 0.29) is 17.0 Å². The van der Waals surface area contributed by atoms with Crippen molar-refractivity contribution < 1.29 is 17.9 Å². The van der Waals surface area contributed by atoms with Gasteiger partial charge in [0.25, 0.3) is 0 Å². The summed E-state index contributed by atoms with van der Waals surface area (Å²) >= 11 is 3.50. The predicted octanol–water partition coefficient (Wildman–Crippen LogP) is 2.94. The van der Waals surface area contributed by atoms with E-state index in [9.17, 15) is 13.2 Å². The highest BCUT2D eigenvalue weighted by molar-refractivity contribution is 8.06. The molecule has 0 aliphatic carbocycles. The zero-order valence-corrected chi connectivity index (χ0v) is 12.2. The number of nitrogens with one attached hydrogen (secondary N) is 1. The Hall–Kier alpha value is -0.570. The topological polar surface area (TPSA) is 47.3 Å². The van der Waals surface area contributed by atoms with Crippen LogP contribution in [0.25, 0.3) is 0 Å². The van der Waals surface area contributed by atoms with Crippen LogP contribution < -0.4 is 16.0 Å². The van der Waals surface area contributed by atoms with Gasteiger partial charge in [0.1, 0.15) is 5.75 Å². The second-order valence-electron chi connectivity index (χ2n) is 4.21. The van der Waals surface area contributed by atoms with Crippen molar-refractivity contribution in [2.45, 2.75) is 17.7 Å². The minimum atomic E-state index is -4.70. The van der Waals surface area contributed by atoms with Crippen LogP contribution in [0.2, 0.25) is 0 Å². The normalized spacial score (nSPS) is 21.5. The second kappa shape index (κ2) is 6.93. The fraction of sp³-hybridized carbons (Fsp3) is 0.500. The maximum absolute atomic E-state index is 12.4. The number of hydrogen-bond acceptors (Lipinski definition) is 5. The molecule has 0 aromatic heterocycles. The van der Waals surface area contributed by atoms with E-state index < -0.39 is 6.36 Å². The number of ether oxygens (including phenoxy) is 1. The number of rotatable bonds is 4. The minimum Gasteiger partial charge on any atom is -0.405 e. The number of thioether (sulfide) groups is 2. The first-order chi connectivity index (χ1) is 9.51. The van der Waals surface area contributed by atoms with Crippen molar-refractivity contribution >= 4 is 23.5 Å². The van der Waals surface area contributed by atoms with Gasteiger partial charge in [-0.2, -0.15) is 23.5 Å². The number of para-hydroxylation sites is 1. The third-order valence-corrected chi connectivity index (χ3v) is 5.74. The molecule has 2 rings (SSSR count). The summed E-state index contributed by atoms with van der Waals surface area (Å²) in [5, 5.41) is 0.122. The molecule has 1 heterocycles. The number of alkyl halides is 3. The van der Waals surface area contributed by atoms with Crippen LogP contribution in [0.4, 0.5) is 13.2 Å². The lowest BCUT2D eigenvalue weighted by atomic mass is 10.0. The van der Waals surface area contributed by atoms with Crippen molar-refractivity contribution in [1.29, 1.82) is 0 Å². The van der Waals surface area contributed by atoms with Crippen LogP contribution in [0.5, 0.6) is 5.75 Å². The average molecular weight is 324 g/mol. The lowest BCUT2D eigenvalue weighted by Crippen LogP contribution is -2.38. The van der Waals surface area contributed by atoms with Gasteiger partial charge >= 0.3 is 6.36 Å². The molecule has 0 spiro atoms. The van der Waals surface area contributed by atoms with Crippen molar-refractivity contribution in [3.05, 3.63) is 29.8 Å². The first-order valence-corrected chi connectivity index (χ1v) is 8.22. The van der Waals surface area contributed by atoms with Crippen LogP contribution in [0.3, 0.4) is 0 Å². The number of benzene rings is 1. The zero-order chi connectivity index (χ0) is 14.6. The summed E-state index contributed by atoms with van der Waals surface area (Å²) in [6.45, 7) is 0. The summed E-state index contributed by atoms with van der Waals surface area (Å²) < 4.78 is 41.4. The first-order valence-electron chi connectivity index (χ1n) is 6.01. The molecular weight excluding hydrogens is 309 g/mol. The Bertz CT molecular complexity index is 439. The average Bonchev–Trinajstić information content (AvgIpc) is 2.41. The van der Waals surface area contributed by atoms with Gasteiger partial charge in [0.2, 0.25) is 0 Å². The molecule has 1 saturated heterocycles.